The Morgan fingerprint density at radius 3 is 2.62 bits per heavy atom. The summed E-state index contributed by atoms with van der Waals surface area (Å²) in [5, 5.41) is 7.17. The van der Waals surface area contributed by atoms with Crippen LogP contribution in [0, 0.1) is 11.8 Å². The fourth-order valence-electron chi connectivity index (χ4n) is 3.95. The Hall–Kier alpha value is -1.51. The molecular formula is C22H35IN4O2. The van der Waals surface area contributed by atoms with Crippen LogP contribution in [0.3, 0.4) is 0 Å². The van der Waals surface area contributed by atoms with Gasteiger partial charge in [-0.15, -0.1) is 24.0 Å². The maximum absolute atomic E-state index is 12.1. The van der Waals surface area contributed by atoms with E-state index in [1.807, 2.05) is 18.2 Å². The molecule has 162 valence electrons. The molecular weight excluding hydrogens is 479 g/mol. The number of halogens is 1. The van der Waals surface area contributed by atoms with Crippen LogP contribution in [-0.2, 0) is 4.79 Å². The quantitative estimate of drug-likeness (QED) is 0.367. The molecule has 1 aromatic carbocycles. The Morgan fingerprint density at radius 1 is 1.14 bits per heavy atom. The van der Waals surface area contributed by atoms with Crippen LogP contribution in [0.2, 0.25) is 0 Å². The van der Waals surface area contributed by atoms with Crippen molar-refractivity contribution in [3.8, 4) is 5.75 Å². The molecule has 2 aliphatic rings. The fraction of sp³-hybridized carbons (Fsp3) is 0.636. The van der Waals surface area contributed by atoms with E-state index in [1.54, 1.807) is 19.0 Å². The first-order valence-corrected chi connectivity index (χ1v) is 10.4. The van der Waals surface area contributed by atoms with Crippen LogP contribution in [0.5, 0.6) is 5.75 Å². The molecule has 6 nitrogen and oxygen atoms in total. The average Bonchev–Trinajstić information content (AvgIpc) is 2.69. The fourth-order valence-corrected chi connectivity index (χ4v) is 3.95. The second-order valence-corrected chi connectivity index (χ2v) is 8.43. The highest BCUT2D eigenvalue weighted by molar-refractivity contribution is 14.0. The molecule has 2 N–H and O–H groups in total. The number of fused-ring (bicyclic) bond motifs is 1. The molecule has 1 amide bonds. The molecule has 1 fully saturated rings. The van der Waals surface area contributed by atoms with E-state index < -0.39 is 0 Å². The van der Waals surface area contributed by atoms with Crippen molar-refractivity contribution in [1.29, 1.82) is 0 Å². The smallest absolute Gasteiger partial charge is 0.243 e. The summed E-state index contributed by atoms with van der Waals surface area (Å²) in [4.78, 5) is 18.3. The third kappa shape index (κ3) is 6.49. The van der Waals surface area contributed by atoms with E-state index in [2.05, 4.69) is 35.5 Å². The molecule has 3 rings (SSSR count). The van der Waals surface area contributed by atoms with Crippen molar-refractivity contribution in [2.24, 2.45) is 16.8 Å². The van der Waals surface area contributed by atoms with Crippen LogP contribution in [0.15, 0.2) is 29.3 Å². The standard InChI is InChI=1S/C22H34N4O2.HI/c1-15-9-10-17(13-16(15)2)24-22(23-14-21(27)26(3)4)25-19-11-12-28-20-8-6-5-7-18(19)20;/h5-8,15-17,19H,9-14H2,1-4H3,(H2,23,24,25);1H. The highest BCUT2D eigenvalue weighted by atomic mass is 127. The number of amides is 1. The molecule has 1 heterocycles. The highest BCUT2D eigenvalue weighted by Crippen LogP contribution is 2.32. The predicted octanol–water partition coefficient (Wildman–Crippen LogP) is 3.58. The second kappa shape index (κ2) is 11.0. The van der Waals surface area contributed by atoms with Crippen molar-refractivity contribution in [2.75, 3.05) is 27.2 Å². The summed E-state index contributed by atoms with van der Waals surface area (Å²) in [5.74, 6) is 3.11. The summed E-state index contributed by atoms with van der Waals surface area (Å²) >= 11 is 0. The number of carbonyl (C=O) groups is 1. The Morgan fingerprint density at radius 2 is 1.90 bits per heavy atom. The number of hydrogen-bond acceptors (Lipinski definition) is 3. The second-order valence-electron chi connectivity index (χ2n) is 8.43. The van der Waals surface area contributed by atoms with E-state index >= 15 is 0 Å². The Balaban J connectivity index is 0.00000300. The molecule has 0 aromatic heterocycles. The summed E-state index contributed by atoms with van der Waals surface area (Å²) in [6, 6.07) is 8.65. The normalized spacial score (nSPS) is 26.4. The van der Waals surface area contributed by atoms with Gasteiger partial charge in [0.2, 0.25) is 5.91 Å². The number of para-hydroxylation sites is 1. The zero-order chi connectivity index (χ0) is 20.1. The van der Waals surface area contributed by atoms with Gasteiger partial charge in [-0.1, -0.05) is 32.0 Å². The molecule has 4 atom stereocenters. The monoisotopic (exact) mass is 514 g/mol. The van der Waals surface area contributed by atoms with Crippen molar-refractivity contribution in [1.82, 2.24) is 15.5 Å². The number of ether oxygens (including phenoxy) is 1. The van der Waals surface area contributed by atoms with Crippen LogP contribution in [0.1, 0.15) is 51.1 Å². The molecule has 1 aliphatic carbocycles. The Labute approximate surface area is 191 Å². The minimum absolute atomic E-state index is 0. The van der Waals surface area contributed by atoms with Gasteiger partial charge < -0.3 is 20.3 Å². The first-order chi connectivity index (χ1) is 13.4. The van der Waals surface area contributed by atoms with Gasteiger partial charge in [0.25, 0.3) is 0 Å². The summed E-state index contributed by atoms with van der Waals surface area (Å²) in [6.07, 6.45) is 4.37. The third-order valence-corrected chi connectivity index (χ3v) is 6.08. The van der Waals surface area contributed by atoms with Gasteiger partial charge in [0, 0.05) is 32.1 Å². The molecule has 1 aromatic rings. The number of nitrogens with zero attached hydrogens (tertiary/aromatic N) is 2. The number of hydrogen-bond donors (Lipinski definition) is 2. The van der Waals surface area contributed by atoms with E-state index in [0.29, 0.717) is 18.6 Å². The number of rotatable bonds is 4. The van der Waals surface area contributed by atoms with E-state index in [9.17, 15) is 4.79 Å². The number of aliphatic imine (C=N–C) groups is 1. The zero-order valence-electron chi connectivity index (χ0n) is 18.0. The van der Waals surface area contributed by atoms with Crippen LogP contribution in [-0.4, -0.2) is 50.1 Å². The molecule has 0 bridgehead atoms. The van der Waals surface area contributed by atoms with Crippen molar-refractivity contribution in [3.05, 3.63) is 29.8 Å². The average molecular weight is 514 g/mol. The number of benzene rings is 1. The molecule has 1 aliphatic heterocycles. The first-order valence-electron chi connectivity index (χ1n) is 10.4. The molecule has 29 heavy (non-hydrogen) atoms. The summed E-state index contributed by atoms with van der Waals surface area (Å²) < 4.78 is 5.78. The minimum Gasteiger partial charge on any atom is -0.493 e. The van der Waals surface area contributed by atoms with Crippen molar-refractivity contribution in [3.63, 3.8) is 0 Å². The lowest BCUT2D eigenvalue weighted by Gasteiger charge is -2.34. The maximum Gasteiger partial charge on any atom is 0.243 e. The largest absolute Gasteiger partial charge is 0.493 e. The molecule has 0 spiro atoms. The molecule has 0 radical (unpaired) electrons. The molecule has 1 saturated carbocycles. The SMILES string of the molecule is CC1CCC(NC(=NCC(=O)N(C)C)NC2CCOc3ccccc32)CC1C.I. The van der Waals surface area contributed by atoms with Gasteiger partial charge in [0.15, 0.2) is 5.96 Å². The number of likely N-dealkylation sites (N-methyl/N-ethyl adjacent to an activating group) is 1. The summed E-state index contributed by atoms with van der Waals surface area (Å²) in [5.41, 5.74) is 1.15. The van der Waals surface area contributed by atoms with Crippen molar-refractivity contribution >= 4 is 35.8 Å². The van der Waals surface area contributed by atoms with Gasteiger partial charge in [0.05, 0.1) is 12.6 Å². The molecule has 7 heteroatoms. The number of guanidine groups is 1. The third-order valence-electron chi connectivity index (χ3n) is 6.08. The van der Waals surface area contributed by atoms with Crippen LogP contribution < -0.4 is 15.4 Å². The topological polar surface area (TPSA) is 66.0 Å². The van der Waals surface area contributed by atoms with Crippen LogP contribution in [0.25, 0.3) is 0 Å². The van der Waals surface area contributed by atoms with Crippen molar-refractivity contribution < 1.29 is 9.53 Å². The molecule has 0 saturated heterocycles. The Bertz CT molecular complexity index is 710. The van der Waals surface area contributed by atoms with Gasteiger partial charge in [-0.3, -0.25) is 4.79 Å². The lowest BCUT2D eigenvalue weighted by molar-refractivity contribution is -0.127. The van der Waals surface area contributed by atoms with Gasteiger partial charge >= 0.3 is 0 Å². The van der Waals surface area contributed by atoms with Crippen LogP contribution in [0.4, 0.5) is 0 Å². The number of carbonyl (C=O) groups excluding carboxylic acids is 1. The highest BCUT2D eigenvalue weighted by Gasteiger charge is 2.27. The lowest BCUT2D eigenvalue weighted by Crippen LogP contribution is -2.48. The number of nitrogens with one attached hydrogen (secondary N) is 2. The maximum atomic E-state index is 12.1. The van der Waals surface area contributed by atoms with E-state index in [-0.39, 0.29) is 42.5 Å². The van der Waals surface area contributed by atoms with Gasteiger partial charge in [-0.05, 0) is 37.2 Å². The van der Waals surface area contributed by atoms with E-state index in [0.717, 1.165) is 42.5 Å². The van der Waals surface area contributed by atoms with E-state index in [1.165, 1.54) is 6.42 Å². The molecule has 4 unspecified atom stereocenters. The van der Waals surface area contributed by atoms with Gasteiger partial charge in [-0.25, -0.2) is 4.99 Å². The first kappa shape index (κ1) is 23.8. The van der Waals surface area contributed by atoms with Gasteiger partial charge in [0.1, 0.15) is 12.3 Å². The summed E-state index contributed by atoms with van der Waals surface area (Å²) in [7, 11) is 3.52. The van der Waals surface area contributed by atoms with Crippen LogP contribution >= 0.6 is 24.0 Å². The van der Waals surface area contributed by atoms with Gasteiger partial charge in [-0.2, -0.15) is 0 Å². The Kier molecular flexibility index (Phi) is 9.04. The lowest BCUT2D eigenvalue weighted by atomic mass is 9.79. The minimum atomic E-state index is -0.000822. The predicted molar refractivity (Wildman–Crippen MR) is 128 cm³/mol. The van der Waals surface area contributed by atoms with Crippen molar-refractivity contribution in [2.45, 2.75) is 51.6 Å². The van der Waals surface area contributed by atoms with E-state index in [4.69, 9.17) is 4.74 Å². The zero-order valence-corrected chi connectivity index (χ0v) is 20.3. The summed E-state index contributed by atoms with van der Waals surface area (Å²) in [6.45, 7) is 5.48.